The highest BCUT2D eigenvalue weighted by Crippen LogP contribution is 2.31. The number of aryl methyl sites for hydroxylation is 2. The first-order chi connectivity index (χ1) is 14.9. The summed E-state index contributed by atoms with van der Waals surface area (Å²) in [4.78, 5) is 20.4. The summed E-state index contributed by atoms with van der Waals surface area (Å²) in [6, 6.07) is 9.49. The zero-order valence-electron chi connectivity index (χ0n) is 17.8. The van der Waals surface area contributed by atoms with Gasteiger partial charge in [-0.15, -0.1) is 0 Å². The van der Waals surface area contributed by atoms with Crippen LogP contribution in [0.3, 0.4) is 0 Å². The van der Waals surface area contributed by atoms with Crippen LogP contribution in [0.4, 0.5) is 0 Å². The van der Waals surface area contributed by atoms with Crippen molar-refractivity contribution in [2.45, 2.75) is 39.2 Å². The monoisotopic (exact) mass is 436 g/mol. The molecule has 2 aromatic carbocycles. The van der Waals surface area contributed by atoms with Crippen LogP contribution in [0, 0.1) is 13.8 Å². The molecule has 31 heavy (non-hydrogen) atoms. The maximum Gasteiger partial charge on any atom is 0.152 e. The average molecular weight is 437 g/mol. The first kappa shape index (κ1) is 21.2. The zero-order valence-corrected chi connectivity index (χ0v) is 18.6. The number of hydrogen-bond donors (Lipinski definition) is 2. The Kier molecular flexibility index (Phi) is 5.89. The number of hydrogen-bond acceptors (Lipinski definition) is 5. The molecule has 7 nitrogen and oxygen atoms in total. The van der Waals surface area contributed by atoms with Crippen LogP contribution in [0.1, 0.15) is 47.1 Å². The standard InChI is InChI=1S/C13H16ClN3.C10H9N3O/c1-8-9(14)4-5-10-11(8)17-12(16-10)13(2)6-3-7-15-13;1-8-2-3-10(9(6-8)7-14)13-11-4-5-12-13/h4-5,15H,3,6-7H2,1-2H3,(H,16,17);2-7H,1H3/t13-;/m0./s1. The lowest BCUT2D eigenvalue weighted by Gasteiger charge is -2.21. The number of benzene rings is 2. The average Bonchev–Trinajstić information content (AvgIpc) is 3.52. The van der Waals surface area contributed by atoms with Crippen LogP contribution in [0.25, 0.3) is 16.7 Å². The van der Waals surface area contributed by atoms with E-state index in [0.29, 0.717) is 11.3 Å². The molecular weight excluding hydrogens is 412 g/mol. The Morgan fingerprint density at radius 2 is 1.94 bits per heavy atom. The van der Waals surface area contributed by atoms with Crippen LogP contribution in [0.2, 0.25) is 5.02 Å². The van der Waals surface area contributed by atoms with Crippen LogP contribution >= 0.6 is 11.6 Å². The number of nitrogens with zero attached hydrogens (tertiary/aromatic N) is 4. The third kappa shape index (κ3) is 4.24. The summed E-state index contributed by atoms with van der Waals surface area (Å²) < 4.78 is 0. The number of aromatic nitrogens is 5. The van der Waals surface area contributed by atoms with Crippen molar-refractivity contribution in [3.8, 4) is 5.69 Å². The van der Waals surface area contributed by atoms with Gasteiger partial charge < -0.3 is 10.3 Å². The fraction of sp³-hybridized carbons (Fsp3) is 0.304. The third-order valence-electron chi connectivity index (χ3n) is 5.68. The van der Waals surface area contributed by atoms with Gasteiger partial charge in [0.05, 0.1) is 34.7 Å². The van der Waals surface area contributed by atoms with E-state index < -0.39 is 0 Å². The molecule has 0 unspecified atom stereocenters. The Labute approximate surface area is 185 Å². The summed E-state index contributed by atoms with van der Waals surface area (Å²) in [6.07, 6.45) is 6.29. The van der Waals surface area contributed by atoms with Gasteiger partial charge in [-0.05, 0) is 70.0 Å². The molecule has 0 bridgehead atoms. The zero-order chi connectivity index (χ0) is 22.0. The van der Waals surface area contributed by atoms with Gasteiger partial charge >= 0.3 is 0 Å². The first-order valence-corrected chi connectivity index (χ1v) is 10.6. The summed E-state index contributed by atoms with van der Waals surface area (Å²) in [5, 5.41) is 12.2. The fourth-order valence-corrected chi connectivity index (χ4v) is 3.99. The number of carbonyl (C=O) groups excluding carboxylic acids is 1. The molecule has 2 aromatic heterocycles. The van der Waals surface area contributed by atoms with Crippen molar-refractivity contribution in [2.75, 3.05) is 6.54 Å². The van der Waals surface area contributed by atoms with Crippen LogP contribution in [0.5, 0.6) is 0 Å². The van der Waals surface area contributed by atoms with Crippen molar-refractivity contribution in [1.82, 2.24) is 30.3 Å². The Hall–Kier alpha value is -3.03. The van der Waals surface area contributed by atoms with E-state index in [-0.39, 0.29) is 5.54 Å². The van der Waals surface area contributed by atoms with Gasteiger partial charge in [0.2, 0.25) is 0 Å². The molecule has 1 fully saturated rings. The highest BCUT2D eigenvalue weighted by atomic mass is 35.5. The number of aldehydes is 1. The predicted molar refractivity (Wildman–Crippen MR) is 122 cm³/mol. The van der Waals surface area contributed by atoms with Gasteiger partial charge in [-0.2, -0.15) is 15.0 Å². The molecule has 5 rings (SSSR count). The number of H-pyrrole nitrogens is 1. The van der Waals surface area contributed by atoms with Crippen molar-refractivity contribution in [3.05, 3.63) is 70.3 Å². The van der Waals surface area contributed by atoms with E-state index in [1.165, 1.54) is 11.2 Å². The highest BCUT2D eigenvalue weighted by molar-refractivity contribution is 6.32. The predicted octanol–water partition coefficient (Wildman–Crippen LogP) is 4.51. The minimum atomic E-state index is -0.0159. The second-order valence-corrected chi connectivity index (χ2v) is 8.42. The molecule has 0 saturated carbocycles. The van der Waals surface area contributed by atoms with Crippen LogP contribution in [-0.2, 0) is 5.54 Å². The lowest BCUT2D eigenvalue weighted by atomic mass is 10.00. The molecule has 0 radical (unpaired) electrons. The summed E-state index contributed by atoms with van der Waals surface area (Å²) >= 11 is 6.12. The summed E-state index contributed by atoms with van der Waals surface area (Å²) in [5.74, 6) is 1.02. The molecule has 1 atom stereocenters. The largest absolute Gasteiger partial charge is 0.340 e. The molecule has 1 saturated heterocycles. The van der Waals surface area contributed by atoms with E-state index in [9.17, 15) is 4.79 Å². The Morgan fingerprint density at radius 3 is 2.61 bits per heavy atom. The molecule has 1 aliphatic rings. The minimum absolute atomic E-state index is 0.0159. The van der Waals surface area contributed by atoms with Gasteiger partial charge in [0.25, 0.3) is 0 Å². The Balaban J connectivity index is 0.000000152. The highest BCUT2D eigenvalue weighted by Gasteiger charge is 2.33. The van der Waals surface area contributed by atoms with E-state index >= 15 is 0 Å². The summed E-state index contributed by atoms with van der Waals surface area (Å²) in [7, 11) is 0. The van der Waals surface area contributed by atoms with Gasteiger partial charge in [-0.25, -0.2) is 4.98 Å². The smallest absolute Gasteiger partial charge is 0.152 e. The van der Waals surface area contributed by atoms with Gasteiger partial charge in [-0.1, -0.05) is 23.2 Å². The van der Waals surface area contributed by atoms with Crippen molar-refractivity contribution in [2.24, 2.45) is 0 Å². The first-order valence-electron chi connectivity index (χ1n) is 10.2. The topological polar surface area (TPSA) is 88.5 Å². The molecule has 3 heterocycles. The molecule has 0 spiro atoms. The number of aromatic amines is 1. The summed E-state index contributed by atoms with van der Waals surface area (Å²) in [6.45, 7) is 7.22. The minimum Gasteiger partial charge on any atom is -0.340 e. The number of halogens is 1. The number of carbonyl (C=O) groups is 1. The summed E-state index contributed by atoms with van der Waals surface area (Å²) in [5.41, 5.74) is 5.44. The quantitative estimate of drug-likeness (QED) is 0.461. The van der Waals surface area contributed by atoms with Gasteiger partial charge in [0, 0.05) is 10.6 Å². The molecule has 4 aromatic rings. The van der Waals surface area contributed by atoms with E-state index in [1.54, 1.807) is 12.4 Å². The van der Waals surface area contributed by atoms with Crippen LogP contribution in [-0.4, -0.2) is 37.8 Å². The van der Waals surface area contributed by atoms with E-state index in [4.69, 9.17) is 16.6 Å². The van der Waals surface area contributed by atoms with E-state index in [2.05, 4.69) is 27.4 Å². The number of nitrogens with one attached hydrogen (secondary N) is 2. The number of rotatable bonds is 3. The normalized spacial score (nSPS) is 18.1. The molecule has 8 heteroatoms. The lowest BCUT2D eigenvalue weighted by Crippen LogP contribution is -2.34. The lowest BCUT2D eigenvalue weighted by molar-refractivity contribution is 0.112. The fourth-order valence-electron chi connectivity index (χ4n) is 3.84. The van der Waals surface area contributed by atoms with Crippen molar-refractivity contribution in [1.29, 1.82) is 0 Å². The molecule has 1 aliphatic heterocycles. The van der Waals surface area contributed by atoms with Gasteiger partial charge in [-0.3, -0.25) is 4.79 Å². The molecular formula is C23H25ClN6O. The third-order valence-corrected chi connectivity index (χ3v) is 6.09. The Bertz CT molecular complexity index is 1210. The SMILES string of the molecule is Cc1c(Cl)ccc2[nH]c([C@]3(C)CCCN3)nc12.Cc1ccc(-n2nccn2)c(C=O)c1. The van der Waals surface area contributed by atoms with Gasteiger partial charge in [0.1, 0.15) is 5.82 Å². The molecule has 160 valence electrons. The van der Waals surface area contributed by atoms with E-state index in [1.807, 2.05) is 44.2 Å². The van der Waals surface area contributed by atoms with Crippen molar-refractivity contribution >= 4 is 28.9 Å². The molecule has 0 aliphatic carbocycles. The second kappa shape index (κ2) is 8.61. The number of imidazole rings is 1. The van der Waals surface area contributed by atoms with E-state index in [0.717, 1.165) is 52.3 Å². The van der Waals surface area contributed by atoms with Gasteiger partial charge in [0.15, 0.2) is 6.29 Å². The second-order valence-electron chi connectivity index (χ2n) is 8.02. The number of fused-ring (bicyclic) bond motifs is 1. The molecule has 2 N–H and O–H groups in total. The van der Waals surface area contributed by atoms with Crippen LogP contribution < -0.4 is 5.32 Å². The Morgan fingerprint density at radius 1 is 1.16 bits per heavy atom. The van der Waals surface area contributed by atoms with Crippen molar-refractivity contribution < 1.29 is 4.79 Å². The molecule has 0 amide bonds. The van der Waals surface area contributed by atoms with Crippen molar-refractivity contribution in [3.63, 3.8) is 0 Å². The maximum atomic E-state index is 10.8. The maximum absolute atomic E-state index is 10.8. The van der Waals surface area contributed by atoms with Crippen LogP contribution in [0.15, 0.2) is 42.7 Å².